The quantitative estimate of drug-likeness (QED) is 0.798. The van der Waals surface area contributed by atoms with Crippen molar-refractivity contribution in [1.82, 2.24) is 20.0 Å². The van der Waals surface area contributed by atoms with Gasteiger partial charge in [-0.15, -0.1) is 5.10 Å². The van der Waals surface area contributed by atoms with Gasteiger partial charge >= 0.3 is 0 Å². The molecule has 0 aromatic carbocycles. The van der Waals surface area contributed by atoms with Gasteiger partial charge in [-0.2, -0.15) is 0 Å². The number of hydrogen-bond acceptors (Lipinski definition) is 4. The number of ketones is 1. The molecule has 6 heteroatoms. The van der Waals surface area contributed by atoms with E-state index in [9.17, 15) is 4.79 Å². The maximum atomic E-state index is 11.9. The first-order valence-corrected chi connectivity index (χ1v) is 5.46. The van der Waals surface area contributed by atoms with E-state index < -0.39 is 0 Å². The molecule has 2 aromatic rings. The number of Topliss-reactive ketones (excluding diaryl/α,β-unsaturated/α-hetero) is 1. The molecule has 16 heavy (non-hydrogen) atoms. The normalized spacial score (nSPS) is 10.4. The second kappa shape index (κ2) is 4.52. The van der Waals surface area contributed by atoms with Crippen molar-refractivity contribution in [3.8, 4) is 0 Å². The monoisotopic (exact) mass is 280 g/mol. The Kier molecular flexibility index (Phi) is 3.09. The summed E-state index contributed by atoms with van der Waals surface area (Å²) in [7, 11) is 1.68. The van der Waals surface area contributed by atoms with Gasteiger partial charge in [-0.25, -0.2) is 4.68 Å². The van der Waals surface area contributed by atoms with Gasteiger partial charge in [-0.1, -0.05) is 11.3 Å². The van der Waals surface area contributed by atoms with Crippen LogP contribution in [0.25, 0.3) is 0 Å². The third-order valence-corrected chi connectivity index (χ3v) is 2.65. The van der Waals surface area contributed by atoms with Gasteiger partial charge in [-0.3, -0.25) is 9.78 Å². The Morgan fingerprint density at radius 1 is 1.50 bits per heavy atom. The summed E-state index contributed by atoms with van der Waals surface area (Å²) in [6.45, 7) is 0. The molecule has 0 atom stereocenters. The van der Waals surface area contributed by atoms with Crippen LogP contribution in [0.3, 0.4) is 0 Å². The van der Waals surface area contributed by atoms with Gasteiger partial charge in [0.2, 0.25) is 0 Å². The average Bonchev–Trinajstić information content (AvgIpc) is 2.60. The van der Waals surface area contributed by atoms with Gasteiger partial charge < -0.3 is 0 Å². The molecule has 0 aliphatic heterocycles. The van der Waals surface area contributed by atoms with Gasteiger partial charge in [0.25, 0.3) is 0 Å². The van der Waals surface area contributed by atoms with E-state index in [-0.39, 0.29) is 12.2 Å². The molecule has 0 fully saturated rings. The summed E-state index contributed by atoms with van der Waals surface area (Å²) in [4.78, 5) is 16.0. The van der Waals surface area contributed by atoms with Crippen LogP contribution in [0.2, 0.25) is 0 Å². The number of rotatable bonds is 3. The van der Waals surface area contributed by atoms with E-state index in [4.69, 9.17) is 0 Å². The molecule has 82 valence electrons. The topological polar surface area (TPSA) is 60.7 Å². The fourth-order valence-corrected chi connectivity index (χ4v) is 1.93. The second-order valence-electron chi connectivity index (χ2n) is 3.27. The van der Waals surface area contributed by atoms with Crippen LogP contribution in [0.1, 0.15) is 16.2 Å². The van der Waals surface area contributed by atoms with Crippen molar-refractivity contribution in [1.29, 1.82) is 0 Å². The first-order valence-electron chi connectivity index (χ1n) is 4.67. The molecule has 0 bridgehead atoms. The van der Waals surface area contributed by atoms with Crippen LogP contribution >= 0.6 is 15.9 Å². The van der Waals surface area contributed by atoms with Crippen molar-refractivity contribution in [2.24, 2.45) is 7.05 Å². The van der Waals surface area contributed by atoms with E-state index in [1.165, 1.54) is 4.68 Å². The van der Waals surface area contributed by atoms with Crippen LogP contribution < -0.4 is 0 Å². The minimum Gasteiger partial charge on any atom is -0.292 e. The minimum absolute atomic E-state index is 0.0573. The first-order chi connectivity index (χ1) is 7.68. The Labute approximate surface area is 101 Å². The third kappa shape index (κ3) is 2.16. The summed E-state index contributed by atoms with van der Waals surface area (Å²) >= 11 is 3.20. The van der Waals surface area contributed by atoms with E-state index in [0.717, 1.165) is 5.69 Å². The van der Waals surface area contributed by atoms with E-state index in [2.05, 4.69) is 31.2 Å². The fraction of sp³-hybridized carbons (Fsp3) is 0.200. The Morgan fingerprint density at radius 2 is 2.31 bits per heavy atom. The summed E-state index contributed by atoms with van der Waals surface area (Å²) in [6, 6.07) is 5.48. The van der Waals surface area contributed by atoms with E-state index in [1.807, 2.05) is 18.2 Å². The maximum absolute atomic E-state index is 11.9. The molecule has 2 rings (SSSR count). The summed E-state index contributed by atoms with van der Waals surface area (Å²) in [5.41, 5.74) is 1.20. The number of pyridine rings is 1. The summed E-state index contributed by atoms with van der Waals surface area (Å²) in [5.74, 6) is -0.0573. The second-order valence-corrected chi connectivity index (χ2v) is 4.02. The summed E-state index contributed by atoms with van der Waals surface area (Å²) in [6.07, 6.45) is 1.92. The van der Waals surface area contributed by atoms with Crippen LogP contribution in [0.15, 0.2) is 29.0 Å². The zero-order valence-corrected chi connectivity index (χ0v) is 10.2. The highest BCUT2D eigenvalue weighted by Crippen LogP contribution is 2.14. The maximum Gasteiger partial charge on any atom is 0.189 e. The number of aryl methyl sites for hydroxylation is 1. The molecule has 0 saturated heterocycles. The van der Waals surface area contributed by atoms with Crippen molar-refractivity contribution in [2.75, 3.05) is 0 Å². The Morgan fingerprint density at radius 3 is 2.88 bits per heavy atom. The molecule has 2 aromatic heterocycles. The predicted octanol–water partition coefficient (Wildman–Crippen LogP) is 1.40. The third-order valence-electron chi connectivity index (χ3n) is 2.12. The molecule has 0 aliphatic rings. The summed E-state index contributed by atoms with van der Waals surface area (Å²) in [5, 5.41) is 7.52. The van der Waals surface area contributed by atoms with Crippen LogP contribution in [0.5, 0.6) is 0 Å². The highest BCUT2D eigenvalue weighted by molar-refractivity contribution is 9.10. The van der Waals surface area contributed by atoms with Crippen LogP contribution in [-0.2, 0) is 13.5 Å². The highest BCUT2D eigenvalue weighted by Gasteiger charge is 2.17. The minimum atomic E-state index is -0.0573. The molecule has 0 saturated carbocycles. The average molecular weight is 281 g/mol. The largest absolute Gasteiger partial charge is 0.292 e. The molecule has 0 unspecified atom stereocenters. The van der Waals surface area contributed by atoms with E-state index >= 15 is 0 Å². The molecule has 0 amide bonds. The molecule has 2 heterocycles. The zero-order chi connectivity index (χ0) is 11.5. The van der Waals surface area contributed by atoms with Crippen molar-refractivity contribution in [3.05, 3.63) is 40.4 Å². The fourth-order valence-electron chi connectivity index (χ4n) is 1.38. The molecule has 0 radical (unpaired) electrons. The van der Waals surface area contributed by atoms with Crippen LogP contribution in [0.4, 0.5) is 0 Å². The van der Waals surface area contributed by atoms with Gasteiger partial charge in [0.05, 0.1) is 6.42 Å². The van der Waals surface area contributed by atoms with Gasteiger partial charge in [-0.05, 0) is 28.1 Å². The van der Waals surface area contributed by atoms with Crippen molar-refractivity contribution in [3.63, 3.8) is 0 Å². The number of aromatic nitrogens is 4. The lowest BCUT2D eigenvalue weighted by Gasteiger charge is -2.00. The van der Waals surface area contributed by atoms with Gasteiger partial charge in [0.15, 0.2) is 10.4 Å². The number of nitrogens with zero attached hydrogens (tertiary/aromatic N) is 4. The van der Waals surface area contributed by atoms with Gasteiger partial charge in [0, 0.05) is 18.9 Å². The first kappa shape index (κ1) is 10.9. The molecule has 0 aliphatic carbocycles. The smallest absolute Gasteiger partial charge is 0.189 e. The van der Waals surface area contributed by atoms with E-state index in [1.54, 1.807) is 13.2 Å². The van der Waals surface area contributed by atoms with Crippen LogP contribution in [0, 0.1) is 0 Å². The lowest BCUT2D eigenvalue weighted by Crippen LogP contribution is -2.11. The van der Waals surface area contributed by atoms with Crippen molar-refractivity contribution >= 4 is 21.7 Å². The zero-order valence-electron chi connectivity index (χ0n) is 8.59. The highest BCUT2D eigenvalue weighted by atomic mass is 79.9. The Bertz CT molecular complexity index is 489. The molecule has 5 nitrogen and oxygen atoms in total. The van der Waals surface area contributed by atoms with Crippen molar-refractivity contribution in [2.45, 2.75) is 6.42 Å². The van der Waals surface area contributed by atoms with Gasteiger partial charge in [0.1, 0.15) is 5.69 Å². The molecular weight excluding hydrogens is 272 g/mol. The lowest BCUT2D eigenvalue weighted by molar-refractivity contribution is 0.0982. The molecule has 0 spiro atoms. The number of hydrogen-bond donors (Lipinski definition) is 0. The standard InChI is InChI=1S/C10H9BrN4O/c1-15-9(10(11)13-14-15)8(16)6-7-4-2-3-5-12-7/h2-5H,6H2,1H3. The van der Waals surface area contributed by atoms with Crippen molar-refractivity contribution < 1.29 is 4.79 Å². The predicted molar refractivity (Wildman–Crippen MR) is 61.0 cm³/mol. The van der Waals surface area contributed by atoms with E-state index in [0.29, 0.717) is 10.3 Å². The Balaban J connectivity index is 2.22. The number of halogens is 1. The van der Waals surface area contributed by atoms with Crippen LogP contribution in [-0.4, -0.2) is 25.8 Å². The number of carbonyl (C=O) groups excluding carboxylic acids is 1. The lowest BCUT2D eigenvalue weighted by atomic mass is 10.1. The summed E-state index contributed by atoms with van der Waals surface area (Å²) < 4.78 is 1.92. The molecular formula is C10H9BrN4O. The Hall–Kier alpha value is -1.56. The molecule has 0 N–H and O–H groups in total. The number of carbonyl (C=O) groups is 1. The SMILES string of the molecule is Cn1nnc(Br)c1C(=O)Cc1ccccn1.